The minimum atomic E-state index is -4.32. The van der Waals surface area contributed by atoms with Crippen LogP contribution in [0.2, 0.25) is 0 Å². The molecule has 0 aliphatic heterocycles. The number of alkyl halides is 3. The van der Waals surface area contributed by atoms with Crippen molar-refractivity contribution >= 4 is 0 Å². The van der Waals surface area contributed by atoms with E-state index in [0.717, 1.165) is 12.0 Å². The number of halogens is 3. The third-order valence-corrected chi connectivity index (χ3v) is 3.25. The molecule has 0 heterocycles. The predicted octanol–water partition coefficient (Wildman–Crippen LogP) is 3.72. The highest BCUT2D eigenvalue weighted by Crippen LogP contribution is 2.30. The normalized spacial score (nSPS) is 15.1. The van der Waals surface area contributed by atoms with E-state index in [-0.39, 0.29) is 5.92 Å². The first-order valence-corrected chi connectivity index (χ1v) is 6.38. The highest BCUT2D eigenvalue weighted by molar-refractivity contribution is 5.35. The number of hydrogen-bond donors (Lipinski definition) is 1. The average Bonchev–Trinajstić information content (AvgIpc) is 2.37. The van der Waals surface area contributed by atoms with Gasteiger partial charge >= 0.3 is 6.18 Å². The van der Waals surface area contributed by atoms with Gasteiger partial charge in [0.1, 0.15) is 18.3 Å². The lowest BCUT2D eigenvalue weighted by molar-refractivity contribution is -0.178. The molecular formula is C14H20F3NO. The summed E-state index contributed by atoms with van der Waals surface area (Å²) in [7, 11) is 0. The molecule has 108 valence electrons. The number of rotatable bonds is 6. The molecule has 5 heteroatoms. The number of para-hydroxylation sites is 1. The summed E-state index contributed by atoms with van der Waals surface area (Å²) in [4.78, 5) is 0. The number of benzene rings is 1. The Bertz CT molecular complexity index is 393. The van der Waals surface area contributed by atoms with Crippen molar-refractivity contribution in [1.29, 1.82) is 0 Å². The number of ether oxygens (including phenoxy) is 1. The third kappa shape index (κ3) is 4.42. The minimum Gasteiger partial charge on any atom is -0.493 e. The molecule has 0 saturated carbocycles. The summed E-state index contributed by atoms with van der Waals surface area (Å²) in [6.07, 6.45) is -3.42. The molecule has 2 unspecified atom stereocenters. The maximum absolute atomic E-state index is 12.6. The highest BCUT2D eigenvalue weighted by atomic mass is 19.4. The summed E-state index contributed by atoms with van der Waals surface area (Å²) in [5.74, 6) is -0.865. The molecule has 2 nitrogen and oxygen atoms in total. The second kappa shape index (κ2) is 6.80. The molecule has 19 heavy (non-hydrogen) atoms. The molecule has 2 N–H and O–H groups in total. The molecule has 0 amide bonds. The highest BCUT2D eigenvalue weighted by Gasteiger charge is 2.39. The van der Waals surface area contributed by atoms with Gasteiger partial charge in [0.05, 0.1) is 0 Å². The SMILES string of the molecule is CCC(C)c1ccccc1OCC(CN)C(F)(F)F. The predicted molar refractivity (Wildman–Crippen MR) is 69.2 cm³/mol. The molecule has 0 bridgehead atoms. The summed E-state index contributed by atoms with van der Waals surface area (Å²) in [5.41, 5.74) is 6.08. The zero-order valence-corrected chi connectivity index (χ0v) is 11.2. The van der Waals surface area contributed by atoms with Crippen LogP contribution in [0.3, 0.4) is 0 Å². The maximum Gasteiger partial charge on any atom is 0.396 e. The Morgan fingerprint density at radius 2 is 1.89 bits per heavy atom. The van der Waals surface area contributed by atoms with Gasteiger partial charge in [-0.25, -0.2) is 0 Å². The van der Waals surface area contributed by atoms with Gasteiger partial charge in [0, 0.05) is 6.54 Å². The van der Waals surface area contributed by atoms with Crippen molar-refractivity contribution in [3.05, 3.63) is 29.8 Å². The molecule has 0 fully saturated rings. The Morgan fingerprint density at radius 1 is 1.26 bits per heavy atom. The van der Waals surface area contributed by atoms with Crippen LogP contribution in [-0.4, -0.2) is 19.3 Å². The van der Waals surface area contributed by atoms with Crippen molar-refractivity contribution in [2.45, 2.75) is 32.4 Å². The Hall–Kier alpha value is -1.23. The first kappa shape index (κ1) is 15.8. The second-order valence-electron chi connectivity index (χ2n) is 4.63. The summed E-state index contributed by atoms with van der Waals surface area (Å²) in [5, 5.41) is 0. The molecule has 0 aliphatic rings. The molecule has 0 spiro atoms. The Balaban J connectivity index is 2.77. The second-order valence-corrected chi connectivity index (χ2v) is 4.63. The van der Waals surface area contributed by atoms with Crippen LogP contribution in [0.25, 0.3) is 0 Å². The van der Waals surface area contributed by atoms with Crippen molar-refractivity contribution in [3.8, 4) is 5.75 Å². The molecule has 1 aromatic carbocycles. The Morgan fingerprint density at radius 3 is 2.42 bits per heavy atom. The first-order valence-electron chi connectivity index (χ1n) is 6.38. The quantitative estimate of drug-likeness (QED) is 0.858. The van der Waals surface area contributed by atoms with Gasteiger partial charge < -0.3 is 10.5 Å². The summed E-state index contributed by atoms with van der Waals surface area (Å²) >= 11 is 0. The molecule has 0 radical (unpaired) electrons. The van der Waals surface area contributed by atoms with Crippen LogP contribution in [-0.2, 0) is 0 Å². The van der Waals surface area contributed by atoms with Gasteiger partial charge in [-0.05, 0) is 24.0 Å². The third-order valence-electron chi connectivity index (χ3n) is 3.25. The molecule has 0 saturated heterocycles. The molecule has 2 atom stereocenters. The van der Waals surface area contributed by atoms with Gasteiger partial charge in [0.15, 0.2) is 0 Å². The topological polar surface area (TPSA) is 35.2 Å². The van der Waals surface area contributed by atoms with Crippen molar-refractivity contribution in [2.75, 3.05) is 13.2 Å². The van der Waals surface area contributed by atoms with E-state index in [1.807, 2.05) is 26.0 Å². The fourth-order valence-corrected chi connectivity index (χ4v) is 1.73. The van der Waals surface area contributed by atoms with E-state index in [4.69, 9.17) is 10.5 Å². The lowest BCUT2D eigenvalue weighted by atomic mass is 9.98. The monoisotopic (exact) mass is 275 g/mol. The van der Waals surface area contributed by atoms with Gasteiger partial charge in [-0.2, -0.15) is 13.2 Å². The van der Waals surface area contributed by atoms with Gasteiger partial charge in [0.2, 0.25) is 0 Å². The van der Waals surface area contributed by atoms with Gasteiger partial charge in [-0.1, -0.05) is 32.0 Å². The summed E-state index contributed by atoms with van der Waals surface area (Å²) in [6, 6.07) is 7.20. The molecule has 0 aromatic heterocycles. The smallest absolute Gasteiger partial charge is 0.396 e. The van der Waals surface area contributed by atoms with E-state index in [2.05, 4.69) is 0 Å². The van der Waals surface area contributed by atoms with E-state index in [9.17, 15) is 13.2 Å². The first-order chi connectivity index (χ1) is 8.90. The Labute approximate surface area is 111 Å². The van der Waals surface area contributed by atoms with E-state index < -0.39 is 25.2 Å². The summed E-state index contributed by atoms with van der Waals surface area (Å²) < 4.78 is 43.1. The zero-order chi connectivity index (χ0) is 14.5. The van der Waals surface area contributed by atoms with Gasteiger partial charge in [-0.15, -0.1) is 0 Å². The van der Waals surface area contributed by atoms with Gasteiger partial charge in [0.25, 0.3) is 0 Å². The lowest BCUT2D eigenvalue weighted by Gasteiger charge is -2.21. The standard InChI is InChI=1S/C14H20F3NO/c1-3-10(2)12-6-4-5-7-13(12)19-9-11(8-18)14(15,16)17/h4-7,10-11H,3,8-9,18H2,1-2H3. The molecule has 0 aliphatic carbocycles. The van der Waals surface area contributed by atoms with Crippen molar-refractivity contribution in [1.82, 2.24) is 0 Å². The van der Waals surface area contributed by atoms with Crippen LogP contribution >= 0.6 is 0 Å². The van der Waals surface area contributed by atoms with Crippen LogP contribution in [0, 0.1) is 5.92 Å². The fourth-order valence-electron chi connectivity index (χ4n) is 1.73. The lowest BCUT2D eigenvalue weighted by Crippen LogP contribution is -2.35. The van der Waals surface area contributed by atoms with Crippen LogP contribution in [0.1, 0.15) is 31.7 Å². The zero-order valence-electron chi connectivity index (χ0n) is 11.2. The van der Waals surface area contributed by atoms with Crippen LogP contribution in [0.4, 0.5) is 13.2 Å². The van der Waals surface area contributed by atoms with Crippen molar-refractivity contribution in [3.63, 3.8) is 0 Å². The number of hydrogen-bond acceptors (Lipinski definition) is 2. The van der Waals surface area contributed by atoms with Crippen LogP contribution < -0.4 is 10.5 Å². The largest absolute Gasteiger partial charge is 0.493 e. The molecule has 1 rings (SSSR count). The van der Waals surface area contributed by atoms with Crippen LogP contribution in [0.5, 0.6) is 5.75 Å². The van der Waals surface area contributed by atoms with Crippen molar-refractivity contribution < 1.29 is 17.9 Å². The molecule has 1 aromatic rings. The Kier molecular flexibility index (Phi) is 5.66. The van der Waals surface area contributed by atoms with Gasteiger partial charge in [-0.3, -0.25) is 0 Å². The average molecular weight is 275 g/mol. The van der Waals surface area contributed by atoms with E-state index >= 15 is 0 Å². The minimum absolute atomic E-state index is 0.249. The molecular weight excluding hydrogens is 255 g/mol. The van der Waals surface area contributed by atoms with E-state index in [1.165, 1.54) is 0 Å². The number of nitrogens with two attached hydrogens (primary N) is 1. The van der Waals surface area contributed by atoms with Crippen LogP contribution in [0.15, 0.2) is 24.3 Å². The summed E-state index contributed by atoms with van der Waals surface area (Å²) in [6.45, 7) is 3.15. The van der Waals surface area contributed by atoms with E-state index in [1.54, 1.807) is 12.1 Å². The fraction of sp³-hybridized carbons (Fsp3) is 0.571. The maximum atomic E-state index is 12.6. The van der Waals surface area contributed by atoms with E-state index in [0.29, 0.717) is 5.75 Å². The van der Waals surface area contributed by atoms with Crippen molar-refractivity contribution in [2.24, 2.45) is 11.7 Å².